The van der Waals surface area contributed by atoms with Gasteiger partial charge in [0.1, 0.15) is 35.0 Å². The van der Waals surface area contributed by atoms with Crippen molar-refractivity contribution in [2.45, 2.75) is 111 Å². The molecule has 1 fully saturated rings. The van der Waals surface area contributed by atoms with Gasteiger partial charge in [-0.25, -0.2) is 4.79 Å². The van der Waals surface area contributed by atoms with Gasteiger partial charge in [0, 0.05) is 19.9 Å². The van der Waals surface area contributed by atoms with Crippen LogP contribution >= 0.6 is 0 Å². The monoisotopic (exact) mass is 666 g/mol. The summed E-state index contributed by atoms with van der Waals surface area (Å²) >= 11 is 0. The van der Waals surface area contributed by atoms with E-state index in [4.69, 9.17) is 33.2 Å². The normalized spacial score (nSPS) is 22.1. The van der Waals surface area contributed by atoms with Gasteiger partial charge >= 0.3 is 11.9 Å². The molecule has 2 heterocycles. The van der Waals surface area contributed by atoms with Crippen LogP contribution in [0.25, 0.3) is 6.08 Å². The Morgan fingerprint density at radius 3 is 2.29 bits per heavy atom. The van der Waals surface area contributed by atoms with Crippen LogP contribution in [0.4, 0.5) is 0 Å². The molecular formula is C38H50O10. The minimum absolute atomic E-state index is 0.108. The molecule has 262 valence electrons. The number of esters is 2. The number of carbonyl (C=O) groups excluding carboxylic acids is 2. The zero-order chi connectivity index (χ0) is 35.4. The summed E-state index contributed by atoms with van der Waals surface area (Å²) in [4.78, 5) is 25.8. The maximum Gasteiger partial charge on any atom is 0.345 e. The molecule has 4 rings (SSSR count). The highest BCUT2D eigenvalue weighted by atomic mass is 16.8. The second-order valence-electron chi connectivity index (χ2n) is 14.3. The van der Waals surface area contributed by atoms with Crippen molar-refractivity contribution in [3.63, 3.8) is 0 Å². The van der Waals surface area contributed by atoms with Crippen molar-refractivity contribution in [2.24, 2.45) is 11.3 Å². The summed E-state index contributed by atoms with van der Waals surface area (Å²) in [5, 5.41) is 10.1. The van der Waals surface area contributed by atoms with Crippen LogP contribution in [0.5, 0.6) is 17.2 Å². The summed E-state index contributed by atoms with van der Waals surface area (Å²) < 4.78 is 41.6. The Kier molecular flexibility index (Phi) is 11.5. The third-order valence-corrected chi connectivity index (χ3v) is 8.01. The first-order valence-corrected chi connectivity index (χ1v) is 16.3. The number of aliphatic hydroxyl groups is 1. The Balaban J connectivity index is 1.62. The van der Waals surface area contributed by atoms with Gasteiger partial charge in [-0.3, -0.25) is 4.79 Å². The summed E-state index contributed by atoms with van der Waals surface area (Å²) in [5.41, 5.74) is 0.927. The zero-order valence-corrected chi connectivity index (χ0v) is 29.7. The molecule has 0 radical (unpaired) electrons. The molecule has 5 atom stereocenters. The molecular weight excluding hydrogens is 616 g/mol. The Hall–Kier alpha value is -3.70. The van der Waals surface area contributed by atoms with Crippen LogP contribution in [0.15, 0.2) is 54.6 Å². The summed E-state index contributed by atoms with van der Waals surface area (Å²) in [6.07, 6.45) is 5.92. The molecule has 0 aromatic heterocycles. The van der Waals surface area contributed by atoms with Gasteiger partial charge in [0.25, 0.3) is 0 Å². The van der Waals surface area contributed by atoms with Gasteiger partial charge in [0.15, 0.2) is 5.79 Å². The van der Waals surface area contributed by atoms with Gasteiger partial charge in [-0.2, -0.15) is 0 Å². The molecule has 2 aliphatic heterocycles. The lowest BCUT2D eigenvalue weighted by atomic mass is 9.97. The molecule has 0 spiro atoms. The van der Waals surface area contributed by atoms with Crippen LogP contribution in [-0.4, -0.2) is 60.1 Å². The first-order valence-electron chi connectivity index (χ1n) is 16.3. The van der Waals surface area contributed by atoms with E-state index in [1.54, 1.807) is 60.8 Å². The molecule has 48 heavy (non-hydrogen) atoms. The molecule has 2 aromatic carbocycles. The van der Waals surface area contributed by atoms with Crippen LogP contribution in [-0.2, 0) is 30.3 Å². The molecule has 0 aliphatic carbocycles. The van der Waals surface area contributed by atoms with E-state index in [2.05, 4.69) is 0 Å². The average molecular weight is 667 g/mol. The third kappa shape index (κ3) is 9.69. The molecule has 0 amide bonds. The van der Waals surface area contributed by atoms with E-state index >= 15 is 0 Å². The van der Waals surface area contributed by atoms with Gasteiger partial charge in [0.05, 0.1) is 31.3 Å². The van der Waals surface area contributed by atoms with Gasteiger partial charge in [0.2, 0.25) is 5.79 Å². The van der Waals surface area contributed by atoms with Gasteiger partial charge < -0.3 is 38.3 Å². The van der Waals surface area contributed by atoms with E-state index in [0.717, 1.165) is 11.3 Å². The average Bonchev–Trinajstić information content (AvgIpc) is 3.29. The Morgan fingerprint density at radius 2 is 1.67 bits per heavy atom. The molecule has 2 aliphatic rings. The summed E-state index contributed by atoms with van der Waals surface area (Å²) in [6, 6.07) is 10.8. The van der Waals surface area contributed by atoms with Crippen LogP contribution in [0, 0.1) is 11.3 Å². The smallest absolute Gasteiger partial charge is 0.345 e. The standard InChI is InChI=1S/C38H50O10/c1-23(24(2)39)14-19-29(43-22-25-15-17-27(42-10)18-16-25)33-30(45-37(6,7)47-33)13-11-12-26-20-28(44-35(41)36(3,4)5)21-31-32(26)34(40)48-38(8,9)46-31/h11-12,14-21,23-24,29-30,33,39H,13,22H2,1-10H3/b12-11+,19-14-/t23-,24+,29-,30+,33-/m1/s1. The highest BCUT2D eigenvalue weighted by Gasteiger charge is 2.44. The number of methoxy groups -OCH3 is 1. The molecule has 1 saturated heterocycles. The van der Waals surface area contributed by atoms with E-state index in [1.807, 2.05) is 63.3 Å². The lowest BCUT2D eigenvalue weighted by Gasteiger charge is -2.32. The van der Waals surface area contributed by atoms with Crippen molar-refractivity contribution in [1.29, 1.82) is 0 Å². The molecule has 10 heteroatoms. The lowest BCUT2D eigenvalue weighted by Crippen LogP contribution is -2.39. The number of hydrogen-bond acceptors (Lipinski definition) is 10. The maximum atomic E-state index is 13.1. The maximum absolute atomic E-state index is 13.1. The molecule has 0 bridgehead atoms. The fraction of sp³-hybridized carbons (Fsp3) is 0.526. The lowest BCUT2D eigenvalue weighted by molar-refractivity contribution is -0.156. The molecule has 2 aromatic rings. The first kappa shape index (κ1) is 37.1. The van der Waals surface area contributed by atoms with Crippen molar-refractivity contribution in [3.8, 4) is 17.2 Å². The first-order chi connectivity index (χ1) is 22.4. The third-order valence-electron chi connectivity index (χ3n) is 8.01. The zero-order valence-electron chi connectivity index (χ0n) is 29.7. The Labute approximate surface area is 283 Å². The minimum atomic E-state index is -1.19. The Morgan fingerprint density at radius 1 is 0.979 bits per heavy atom. The summed E-state index contributed by atoms with van der Waals surface area (Å²) in [7, 11) is 1.62. The SMILES string of the molecule is COc1ccc(CO[C@H](/C=C\[C@@H](C)[C@H](C)O)[C@H]2OC(C)(C)O[C@H]2C/C=C/c2cc(OC(=O)C(C)(C)C)cc3c2C(=O)OC(C)(C)O3)cc1. The number of hydrogen-bond donors (Lipinski definition) is 1. The van der Waals surface area contributed by atoms with Gasteiger partial charge in [-0.1, -0.05) is 43.4 Å². The topological polar surface area (TPSA) is 119 Å². The second kappa shape index (κ2) is 14.8. The van der Waals surface area contributed by atoms with Crippen molar-refractivity contribution < 1.29 is 47.9 Å². The summed E-state index contributed by atoms with van der Waals surface area (Å²) in [5.74, 6) is -1.88. The van der Waals surface area contributed by atoms with E-state index < -0.39 is 53.3 Å². The van der Waals surface area contributed by atoms with Crippen LogP contribution in [0.2, 0.25) is 0 Å². The van der Waals surface area contributed by atoms with Crippen LogP contribution in [0.1, 0.15) is 90.2 Å². The second-order valence-corrected chi connectivity index (χ2v) is 14.3. The minimum Gasteiger partial charge on any atom is -0.497 e. The number of carbonyl (C=O) groups is 2. The Bertz CT molecular complexity index is 1500. The number of benzene rings is 2. The van der Waals surface area contributed by atoms with Crippen LogP contribution < -0.4 is 14.2 Å². The highest BCUT2D eigenvalue weighted by Crippen LogP contribution is 2.39. The van der Waals surface area contributed by atoms with Crippen molar-refractivity contribution in [1.82, 2.24) is 0 Å². The fourth-order valence-corrected chi connectivity index (χ4v) is 5.19. The van der Waals surface area contributed by atoms with Crippen molar-refractivity contribution in [3.05, 3.63) is 71.3 Å². The fourth-order valence-electron chi connectivity index (χ4n) is 5.19. The molecule has 10 nitrogen and oxygen atoms in total. The molecule has 0 saturated carbocycles. The largest absolute Gasteiger partial charge is 0.497 e. The van der Waals surface area contributed by atoms with Crippen LogP contribution in [0.3, 0.4) is 0 Å². The van der Waals surface area contributed by atoms with E-state index in [9.17, 15) is 14.7 Å². The molecule has 0 unspecified atom stereocenters. The number of ether oxygens (including phenoxy) is 7. The molecule has 1 N–H and O–H groups in total. The van der Waals surface area contributed by atoms with Gasteiger partial charge in [-0.05, 0) is 83.2 Å². The van der Waals surface area contributed by atoms with Gasteiger partial charge in [-0.15, -0.1) is 0 Å². The predicted molar refractivity (Wildman–Crippen MR) is 181 cm³/mol. The predicted octanol–water partition coefficient (Wildman–Crippen LogP) is 7.01. The number of rotatable bonds is 12. The highest BCUT2D eigenvalue weighted by molar-refractivity contribution is 5.98. The number of fused-ring (bicyclic) bond motifs is 1. The number of aliphatic hydroxyl groups excluding tert-OH is 1. The van der Waals surface area contributed by atoms with Crippen molar-refractivity contribution >= 4 is 18.0 Å². The van der Waals surface area contributed by atoms with E-state index in [0.29, 0.717) is 18.6 Å². The van der Waals surface area contributed by atoms with E-state index in [-0.39, 0.29) is 23.0 Å². The number of cyclic esters (lactones) is 1. The van der Waals surface area contributed by atoms with Crippen molar-refractivity contribution in [2.75, 3.05) is 7.11 Å². The summed E-state index contributed by atoms with van der Waals surface area (Å²) in [6.45, 7) is 16.3. The van der Waals surface area contributed by atoms with E-state index in [1.165, 1.54) is 6.07 Å². The quantitative estimate of drug-likeness (QED) is 0.144.